The fourth-order valence-corrected chi connectivity index (χ4v) is 3.47. The van der Waals surface area contributed by atoms with Gasteiger partial charge in [0, 0.05) is 36.5 Å². The molecular formula is C21H25ClN4OS. The van der Waals surface area contributed by atoms with Crippen molar-refractivity contribution in [3.8, 4) is 0 Å². The number of thioether (sulfide) groups is 1. The third-order valence-electron chi connectivity index (χ3n) is 3.69. The van der Waals surface area contributed by atoms with E-state index in [1.54, 1.807) is 6.07 Å². The molecule has 1 aromatic carbocycles. The van der Waals surface area contributed by atoms with Gasteiger partial charge in [0.15, 0.2) is 5.16 Å². The van der Waals surface area contributed by atoms with Gasteiger partial charge in [-0.25, -0.2) is 9.97 Å². The summed E-state index contributed by atoms with van der Waals surface area (Å²) in [6, 6.07) is 9.38. The number of benzene rings is 1. The van der Waals surface area contributed by atoms with Gasteiger partial charge in [-0.3, -0.25) is 4.79 Å². The average molecular weight is 417 g/mol. The van der Waals surface area contributed by atoms with Crippen LogP contribution in [0.15, 0.2) is 60.8 Å². The zero-order valence-electron chi connectivity index (χ0n) is 16.2. The van der Waals surface area contributed by atoms with E-state index in [-0.39, 0.29) is 11.9 Å². The Labute approximate surface area is 175 Å². The van der Waals surface area contributed by atoms with Crippen LogP contribution >= 0.6 is 23.4 Å². The Morgan fingerprint density at radius 1 is 1.21 bits per heavy atom. The average Bonchev–Trinajstić information content (AvgIpc) is 2.65. The molecule has 0 aliphatic rings. The summed E-state index contributed by atoms with van der Waals surface area (Å²) >= 11 is 7.68. The van der Waals surface area contributed by atoms with Crippen LogP contribution in [0, 0.1) is 0 Å². The maximum atomic E-state index is 12.0. The highest BCUT2D eigenvalue weighted by atomic mass is 35.5. The second kappa shape index (κ2) is 10.9. The number of amides is 1. The molecule has 5 nitrogen and oxygen atoms in total. The molecule has 0 aliphatic carbocycles. The summed E-state index contributed by atoms with van der Waals surface area (Å²) in [5.41, 5.74) is 1.72. The number of halogens is 1. The minimum atomic E-state index is -0.0680. The molecular weight excluding hydrogens is 392 g/mol. The maximum absolute atomic E-state index is 12.0. The number of anilines is 1. The monoisotopic (exact) mass is 416 g/mol. The van der Waals surface area contributed by atoms with Gasteiger partial charge in [-0.1, -0.05) is 47.6 Å². The molecule has 0 atom stereocenters. The first kappa shape index (κ1) is 22.0. The SMILES string of the molecule is C=CCN(CC=C)c1cc(Cl)nc(SCc2ccc(C(=O)NC(C)C)cc2)n1. The summed E-state index contributed by atoms with van der Waals surface area (Å²) < 4.78 is 0. The molecule has 7 heteroatoms. The normalized spacial score (nSPS) is 10.6. The summed E-state index contributed by atoms with van der Waals surface area (Å²) in [5.74, 6) is 1.35. The topological polar surface area (TPSA) is 58.1 Å². The van der Waals surface area contributed by atoms with Crippen LogP contribution in [0.3, 0.4) is 0 Å². The van der Waals surface area contributed by atoms with E-state index in [4.69, 9.17) is 11.6 Å². The van der Waals surface area contributed by atoms with Gasteiger partial charge in [-0.2, -0.15) is 0 Å². The minimum Gasteiger partial charge on any atom is -0.350 e. The van der Waals surface area contributed by atoms with Crippen molar-refractivity contribution in [2.24, 2.45) is 0 Å². The first-order valence-corrected chi connectivity index (χ1v) is 10.3. The molecule has 0 bridgehead atoms. The highest BCUT2D eigenvalue weighted by Crippen LogP contribution is 2.25. The Hall–Kier alpha value is -2.31. The summed E-state index contributed by atoms with van der Waals surface area (Å²) in [4.78, 5) is 22.9. The lowest BCUT2D eigenvalue weighted by atomic mass is 10.1. The van der Waals surface area contributed by atoms with Crippen LogP contribution in [0.2, 0.25) is 5.15 Å². The molecule has 28 heavy (non-hydrogen) atoms. The number of nitrogens with one attached hydrogen (secondary N) is 1. The van der Waals surface area contributed by atoms with Crippen LogP contribution in [-0.4, -0.2) is 35.0 Å². The fraction of sp³-hybridized carbons (Fsp3) is 0.286. The van der Waals surface area contributed by atoms with Crippen molar-refractivity contribution >= 4 is 35.1 Å². The van der Waals surface area contributed by atoms with Crippen molar-refractivity contribution in [3.63, 3.8) is 0 Å². The first-order valence-electron chi connectivity index (χ1n) is 8.97. The zero-order chi connectivity index (χ0) is 20.5. The second-order valence-corrected chi connectivity index (χ2v) is 7.76. The van der Waals surface area contributed by atoms with Gasteiger partial charge < -0.3 is 10.2 Å². The summed E-state index contributed by atoms with van der Waals surface area (Å²) in [5, 5.41) is 3.88. The number of hydrogen-bond donors (Lipinski definition) is 1. The number of aromatic nitrogens is 2. The van der Waals surface area contributed by atoms with Crippen molar-refractivity contribution in [2.75, 3.05) is 18.0 Å². The number of carbonyl (C=O) groups excluding carboxylic acids is 1. The van der Waals surface area contributed by atoms with E-state index in [0.717, 1.165) is 11.4 Å². The highest BCUT2D eigenvalue weighted by Gasteiger charge is 2.11. The summed E-state index contributed by atoms with van der Waals surface area (Å²) in [6.45, 7) is 12.7. The van der Waals surface area contributed by atoms with Gasteiger partial charge in [0.1, 0.15) is 11.0 Å². The quantitative estimate of drug-likeness (QED) is 0.262. The standard InChI is InChI=1S/C21H25ClN4OS/c1-5-11-26(12-6-2)19-13-18(22)24-21(25-19)28-14-16-7-9-17(10-8-16)20(27)23-15(3)4/h5-10,13,15H,1-2,11-12,14H2,3-4H3,(H,23,27). The van der Waals surface area contributed by atoms with E-state index in [0.29, 0.717) is 34.7 Å². The largest absolute Gasteiger partial charge is 0.350 e. The molecule has 0 spiro atoms. The zero-order valence-corrected chi connectivity index (χ0v) is 17.8. The van der Waals surface area contributed by atoms with Crippen LogP contribution in [0.1, 0.15) is 29.8 Å². The molecule has 0 fully saturated rings. The Bertz CT molecular complexity index is 814. The number of hydrogen-bond acceptors (Lipinski definition) is 5. The van der Waals surface area contributed by atoms with E-state index in [9.17, 15) is 4.79 Å². The molecule has 148 valence electrons. The van der Waals surface area contributed by atoms with Crippen LogP contribution in [0.25, 0.3) is 0 Å². The molecule has 2 rings (SSSR count). The fourth-order valence-electron chi connectivity index (χ4n) is 2.43. The Balaban J connectivity index is 2.06. The smallest absolute Gasteiger partial charge is 0.251 e. The molecule has 0 unspecified atom stereocenters. The lowest BCUT2D eigenvalue weighted by Crippen LogP contribution is -2.29. The number of nitrogens with zero attached hydrogens (tertiary/aromatic N) is 3. The van der Waals surface area contributed by atoms with E-state index >= 15 is 0 Å². The second-order valence-electron chi connectivity index (χ2n) is 6.43. The molecule has 0 radical (unpaired) electrons. The maximum Gasteiger partial charge on any atom is 0.251 e. The van der Waals surface area contributed by atoms with Crippen molar-refractivity contribution < 1.29 is 4.79 Å². The van der Waals surface area contributed by atoms with Gasteiger partial charge in [-0.15, -0.1) is 13.2 Å². The lowest BCUT2D eigenvalue weighted by molar-refractivity contribution is 0.0943. The third-order valence-corrected chi connectivity index (χ3v) is 4.80. The van der Waals surface area contributed by atoms with Gasteiger partial charge in [0.05, 0.1) is 0 Å². The molecule has 1 amide bonds. The van der Waals surface area contributed by atoms with Gasteiger partial charge in [0.2, 0.25) is 0 Å². The van der Waals surface area contributed by atoms with Crippen LogP contribution in [-0.2, 0) is 5.75 Å². The Morgan fingerprint density at radius 3 is 2.43 bits per heavy atom. The first-order chi connectivity index (χ1) is 13.4. The van der Waals surface area contributed by atoms with Crippen LogP contribution < -0.4 is 10.2 Å². The van der Waals surface area contributed by atoms with E-state index < -0.39 is 0 Å². The summed E-state index contributed by atoms with van der Waals surface area (Å²) in [6.07, 6.45) is 3.62. The van der Waals surface area contributed by atoms with Crippen LogP contribution in [0.4, 0.5) is 5.82 Å². The van der Waals surface area contributed by atoms with Crippen molar-refractivity contribution in [2.45, 2.75) is 30.8 Å². The third kappa shape index (κ3) is 6.69. The number of rotatable bonds is 10. The van der Waals surface area contributed by atoms with E-state index in [1.165, 1.54) is 11.8 Å². The molecule has 0 saturated heterocycles. The van der Waals surface area contributed by atoms with Crippen molar-refractivity contribution in [1.82, 2.24) is 15.3 Å². The van der Waals surface area contributed by atoms with E-state index in [2.05, 4.69) is 28.4 Å². The Morgan fingerprint density at radius 2 is 1.86 bits per heavy atom. The predicted octanol–water partition coefficient (Wildman–Crippen LogP) is 4.74. The Kier molecular flexibility index (Phi) is 8.54. The van der Waals surface area contributed by atoms with Crippen LogP contribution in [0.5, 0.6) is 0 Å². The molecule has 1 aromatic heterocycles. The van der Waals surface area contributed by atoms with Gasteiger partial charge in [0.25, 0.3) is 5.91 Å². The number of carbonyl (C=O) groups is 1. The molecule has 0 saturated carbocycles. The van der Waals surface area contributed by atoms with Crippen molar-refractivity contribution in [1.29, 1.82) is 0 Å². The highest BCUT2D eigenvalue weighted by molar-refractivity contribution is 7.98. The molecule has 2 aromatic rings. The van der Waals surface area contributed by atoms with Crippen molar-refractivity contribution in [3.05, 3.63) is 71.9 Å². The molecule has 0 aliphatic heterocycles. The van der Waals surface area contributed by atoms with Gasteiger partial charge in [-0.05, 0) is 31.5 Å². The minimum absolute atomic E-state index is 0.0680. The molecule has 1 N–H and O–H groups in total. The van der Waals surface area contributed by atoms with Gasteiger partial charge >= 0.3 is 0 Å². The van der Waals surface area contributed by atoms with E-state index in [1.807, 2.05) is 55.2 Å². The lowest BCUT2D eigenvalue weighted by Gasteiger charge is -2.20. The predicted molar refractivity (Wildman–Crippen MR) is 118 cm³/mol. The summed E-state index contributed by atoms with van der Waals surface area (Å²) in [7, 11) is 0. The molecule has 1 heterocycles.